The van der Waals surface area contributed by atoms with E-state index in [1.54, 1.807) is 0 Å². The van der Waals surface area contributed by atoms with Crippen LogP contribution in [-0.2, 0) is 12.0 Å². The molecule has 1 saturated carbocycles. The topological polar surface area (TPSA) is 20.2 Å². The molecule has 1 aromatic rings. The number of hydrogen-bond donors (Lipinski definition) is 1. The molecular formula is C15H22O. The Labute approximate surface area is 98.5 Å². The minimum absolute atomic E-state index is 0.383. The van der Waals surface area contributed by atoms with Gasteiger partial charge in [0, 0.05) is 0 Å². The molecule has 0 amide bonds. The lowest BCUT2D eigenvalue weighted by molar-refractivity contribution is -0.0469. The molecule has 0 radical (unpaired) electrons. The third kappa shape index (κ3) is 2.01. The first-order valence-electron chi connectivity index (χ1n) is 6.48. The molecule has 0 heterocycles. The van der Waals surface area contributed by atoms with Crippen LogP contribution in [0.25, 0.3) is 0 Å². The van der Waals surface area contributed by atoms with Crippen LogP contribution in [0.1, 0.15) is 50.7 Å². The molecule has 1 aliphatic rings. The Morgan fingerprint density at radius 2 is 1.94 bits per heavy atom. The lowest BCUT2D eigenvalue weighted by Crippen LogP contribution is -2.36. The largest absolute Gasteiger partial charge is 0.385 e. The summed E-state index contributed by atoms with van der Waals surface area (Å²) in [6, 6.07) is 8.52. The molecule has 1 heteroatoms. The summed E-state index contributed by atoms with van der Waals surface area (Å²) in [5.41, 5.74) is 1.87. The molecule has 1 aromatic carbocycles. The van der Waals surface area contributed by atoms with E-state index in [0.717, 1.165) is 31.2 Å². The average Bonchev–Trinajstić information content (AvgIpc) is 2.33. The highest BCUT2D eigenvalue weighted by Gasteiger charge is 2.37. The normalized spacial score (nSPS) is 30.3. The zero-order valence-electron chi connectivity index (χ0n) is 10.4. The van der Waals surface area contributed by atoms with Gasteiger partial charge in [-0.15, -0.1) is 0 Å². The molecular weight excluding hydrogens is 196 g/mol. The summed E-state index contributed by atoms with van der Waals surface area (Å²) in [7, 11) is 0. The average molecular weight is 218 g/mol. The molecule has 2 atom stereocenters. The van der Waals surface area contributed by atoms with Crippen molar-refractivity contribution in [1.82, 2.24) is 0 Å². The first-order chi connectivity index (χ1) is 7.66. The van der Waals surface area contributed by atoms with Crippen LogP contribution in [-0.4, -0.2) is 5.11 Å². The van der Waals surface area contributed by atoms with E-state index in [4.69, 9.17) is 0 Å². The lowest BCUT2D eigenvalue weighted by Gasteiger charge is -2.38. The van der Waals surface area contributed by atoms with Gasteiger partial charge < -0.3 is 5.11 Å². The second kappa shape index (κ2) is 4.58. The highest BCUT2D eigenvalue weighted by molar-refractivity contribution is 5.28. The van der Waals surface area contributed by atoms with Gasteiger partial charge >= 0.3 is 0 Å². The van der Waals surface area contributed by atoms with E-state index in [2.05, 4.69) is 38.1 Å². The van der Waals surface area contributed by atoms with E-state index in [1.807, 2.05) is 0 Å². The zero-order chi connectivity index (χ0) is 11.6. The molecule has 1 aliphatic carbocycles. The van der Waals surface area contributed by atoms with Crippen molar-refractivity contribution in [3.8, 4) is 0 Å². The molecule has 1 nitrogen and oxygen atoms in total. The van der Waals surface area contributed by atoms with Gasteiger partial charge in [0.05, 0.1) is 5.60 Å². The number of rotatable bonds is 2. The molecule has 1 fully saturated rings. The molecule has 0 aromatic heterocycles. The molecule has 2 rings (SSSR count). The Hall–Kier alpha value is -0.820. The summed E-state index contributed by atoms with van der Waals surface area (Å²) in [5, 5.41) is 10.8. The predicted octanol–water partition coefficient (Wildman–Crippen LogP) is 3.65. The second-order valence-corrected chi connectivity index (χ2v) is 5.12. The van der Waals surface area contributed by atoms with Crippen molar-refractivity contribution in [3.05, 3.63) is 35.4 Å². The molecule has 0 spiro atoms. The van der Waals surface area contributed by atoms with Crippen LogP contribution < -0.4 is 0 Å². The fourth-order valence-electron chi connectivity index (χ4n) is 2.79. The van der Waals surface area contributed by atoms with E-state index >= 15 is 0 Å². The Bertz CT molecular complexity index is 341. The first-order valence-corrected chi connectivity index (χ1v) is 6.48. The van der Waals surface area contributed by atoms with Gasteiger partial charge in [-0.1, -0.05) is 51.0 Å². The van der Waals surface area contributed by atoms with Gasteiger partial charge in [-0.25, -0.2) is 0 Å². The predicted molar refractivity (Wildman–Crippen MR) is 67.3 cm³/mol. The Morgan fingerprint density at radius 3 is 2.50 bits per heavy atom. The molecule has 88 valence electrons. The highest BCUT2D eigenvalue weighted by Crippen LogP contribution is 2.41. The second-order valence-electron chi connectivity index (χ2n) is 5.12. The van der Waals surface area contributed by atoms with Gasteiger partial charge in [-0.2, -0.15) is 0 Å². The minimum Gasteiger partial charge on any atom is -0.385 e. The van der Waals surface area contributed by atoms with Crippen molar-refractivity contribution >= 4 is 0 Å². The minimum atomic E-state index is -0.579. The maximum Gasteiger partial charge on any atom is 0.0921 e. The van der Waals surface area contributed by atoms with Crippen LogP contribution in [0, 0.1) is 5.92 Å². The monoisotopic (exact) mass is 218 g/mol. The van der Waals surface area contributed by atoms with E-state index in [1.165, 1.54) is 12.0 Å². The Morgan fingerprint density at radius 1 is 1.25 bits per heavy atom. The van der Waals surface area contributed by atoms with Crippen molar-refractivity contribution in [1.29, 1.82) is 0 Å². The SMILES string of the molecule is CCc1ccc(C2(O)CCCCC2C)cc1. The third-order valence-corrected chi connectivity index (χ3v) is 4.12. The van der Waals surface area contributed by atoms with Crippen LogP contribution in [0.15, 0.2) is 24.3 Å². The molecule has 0 saturated heterocycles. The van der Waals surface area contributed by atoms with Crippen LogP contribution in [0.3, 0.4) is 0 Å². The van der Waals surface area contributed by atoms with Crippen molar-refractivity contribution in [3.63, 3.8) is 0 Å². The van der Waals surface area contributed by atoms with Gasteiger partial charge in [0.2, 0.25) is 0 Å². The molecule has 1 N–H and O–H groups in total. The maximum atomic E-state index is 10.8. The quantitative estimate of drug-likeness (QED) is 0.803. The number of aryl methyl sites for hydroxylation is 1. The number of aliphatic hydroxyl groups is 1. The lowest BCUT2D eigenvalue weighted by atomic mass is 9.72. The maximum absolute atomic E-state index is 10.8. The van der Waals surface area contributed by atoms with Crippen molar-refractivity contribution < 1.29 is 5.11 Å². The van der Waals surface area contributed by atoms with Crippen LogP contribution in [0.2, 0.25) is 0 Å². The van der Waals surface area contributed by atoms with Gasteiger partial charge in [0.15, 0.2) is 0 Å². The van der Waals surface area contributed by atoms with Crippen LogP contribution in [0.5, 0.6) is 0 Å². The van der Waals surface area contributed by atoms with E-state index in [0.29, 0.717) is 5.92 Å². The van der Waals surface area contributed by atoms with Crippen LogP contribution in [0.4, 0.5) is 0 Å². The summed E-state index contributed by atoms with van der Waals surface area (Å²) >= 11 is 0. The summed E-state index contributed by atoms with van der Waals surface area (Å²) in [6.07, 6.45) is 5.53. The summed E-state index contributed by atoms with van der Waals surface area (Å²) < 4.78 is 0. The molecule has 0 aliphatic heterocycles. The smallest absolute Gasteiger partial charge is 0.0921 e. The number of benzene rings is 1. The van der Waals surface area contributed by atoms with Gasteiger partial charge in [-0.05, 0) is 36.3 Å². The molecule has 0 bridgehead atoms. The first kappa shape index (κ1) is 11.7. The molecule has 16 heavy (non-hydrogen) atoms. The highest BCUT2D eigenvalue weighted by atomic mass is 16.3. The third-order valence-electron chi connectivity index (χ3n) is 4.12. The standard InChI is InChI=1S/C15H22O/c1-3-13-7-9-14(10-8-13)15(16)11-5-4-6-12(15)2/h7-10,12,16H,3-6,11H2,1-2H3. The summed E-state index contributed by atoms with van der Waals surface area (Å²) in [5.74, 6) is 0.383. The summed E-state index contributed by atoms with van der Waals surface area (Å²) in [6.45, 7) is 4.33. The van der Waals surface area contributed by atoms with Crippen molar-refractivity contribution in [2.45, 2.75) is 51.6 Å². The fourth-order valence-corrected chi connectivity index (χ4v) is 2.79. The van der Waals surface area contributed by atoms with Gasteiger partial charge in [0.25, 0.3) is 0 Å². The Balaban J connectivity index is 2.26. The number of hydrogen-bond acceptors (Lipinski definition) is 1. The van der Waals surface area contributed by atoms with Crippen molar-refractivity contribution in [2.75, 3.05) is 0 Å². The zero-order valence-corrected chi connectivity index (χ0v) is 10.4. The van der Waals surface area contributed by atoms with Gasteiger partial charge in [0.1, 0.15) is 0 Å². The molecule has 2 unspecified atom stereocenters. The van der Waals surface area contributed by atoms with Crippen LogP contribution >= 0.6 is 0 Å². The summed E-state index contributed by atoms with van der Waals surface area (Å²) in [4.78, 5) is 0. The fraction of sp³-hybridized carbons (Fsp3) is 0.600. The van der Waals surface area contributed by atoms with E-state index in [-0.39, 0.29) is 0 Å². The van der Waals surface area contributed by atoms with Crippen molar-refractivity contribution in [2.24, 2.45) is 5.92 Å². The van der Waals surface area contributed by atoms with E-state index in [9.17, 15) is 5.11 Å². The van der Waals surface area contributed by atoms with E-state index < -0.39 is 5.60 Å². The van der Waals surface area contributed by atoms with Gasteiger partial charge in [-0.3, -0.25) is 0 Å². The Kier molecular flexibility index (Phi) is 3.34.